The third-order valence-corrected chi connectivity index (χ3v) is 9.52. The number of ketones is 1. The Morgan fingerprint density at radius 2 is 2.00 bits per heavy atom. The van der Waals surface area contributed by atoms with Crippen LogP contribution in [-0.4, -0.2) is 21.6 Å². The maximum Gasteiger partial charge on any atom is 0.139 e. The Kier molecular flexibility index (Phi) is 6.32. The maximum absolute atomic E-state index is 12.6. The molecule has 0 aromatic rings. The Hall–Kier alpha value is 0.0700. The highest BCUT2D eigenvalue weighted by molar-refractivity contribution is 7.99. The molecule has 1 N–H and O–H groups in total. The van der Waals surface area contributed by atoms with Gasteiger partial charge in [-0.1, -0.05) is 25.0 Å². The Labute approximate surface area is 182 Å². The van der Waals surface area contributed by atoms with Crippen molar-refractivity contribution in [1.29, 1.82) is 0 Å². The lowest BCUT2D eigenvalue weighted by atomic mass is 9.46. The minimum Gasteiger partial charge on any atom is -0.393 e. The normalized spacial score (nSPS) is 41.2. The first-order valence-electron chi connectivity index (χ1n) is 11.6. The molecule has 4 heteroatoms. The van der Waals surface area contributed by atoms with Gasteiger partial charge in [0.15, 0.2) is 0 Å². The van der Waals surface area contributed by atoms with Gasteiger partial charge < -0.3 is 5.11 Å². The highest BCUT2D eigenvalue weighted by Gasteiger charge is 2.59. The molecule has 4 rings (SSSR count). The SMILES string of the molecule is C[C@]12CC[C@@H]3[C@@H](CC=C4CCCC[C@@]43CCCC(O)CC(S)S)[C@@H]1CCC2=O. The summed E-state index contributed by atoms with van der Waals surface area (Å²) in [5, 5.41) is 10.3. The molecule has 3 fully saturated rings. The fourth-order valence-electron chi connectivity index (χ4n) is 7.73. The molecule has 0 aromatic carbocycles. The molecular weight excluding hydrogens is 384 g/mol. The van der Waals surface area contributed by atoms with Gasteiger partial charge >= 0.3 is 0 Å². The topological polar surface area (TPSA) is 37.3 Å². The van der Waals surface area contributed by atoms with E-state index < -0.39 is 0 Å². The second-order valence-corrected chi connectivity index (χ2v) is 12.0. The second kappa shape index (κ2) is 8.30. The highest BCUT2D eigenvalue weighted by atomic mass is 32.2. The molecule has 4 aliphatic carbocycles. The molecule has 0 heterocycles. The van der Waals surface area contributed by atoms with Gasteiger partial charge in [0.25, 0.3) is 0 Å². The van der Waals surface area contributed by atoms with E-state index in [1.54, 1.807) is 5.57 Å². The third-order valence-electron chi connectivity index (χ3n) is 9.09. The fraction of sp³-hybridized carbons (Fsp3) is 0.875. The number of hydrogen-bond acceptors (Lipinski definition) is 4. The molecule has 3 saturated carbocycles. The third kappa shape index (κ3) is 3.64. The Balaban J connectivity index is 1.53. The average Bonchev–Trinajstić information content (AvgIpc) is 2.96. The maximum atomic E-state index is 12.6. The van der Waals surface area contributed by atoms with Crippen molar-refractivity contribution in [3.8, 4) is 0 Å². The van der Waals surface area contributed by atoms with Gasteiger partial charge in [0, 0.05) is 16.4 Å². The number of thiol groups is 2. The van der Waals surface area contributed by atoms with Crippen LogP contribution >= 0.6 is 25.3 Å². The Morgan fingerprint density at radius 3 is 2.79 bits per heavy atom. The minimum absolute atomic E-state index is 0.0340. The molecule has 0 amide bonds. The van der Waals surface area contributed by atoms with Crippen molar-refractivity contribution >= 4 is 31.0 Å². The van der Waals surface area contributed by atoms with Gasteiger partial charge in [-0.05, 0) is 93.8 Å². The summed E-state index contributed by atoms with van der Waals surface area (Å²) in [6.45, 7) is 2.28. The number of hydrogen-bond donors (Lipinski definition) is 3. The van der Waals surface area contributed by atoms with Crippen LogP contribution in [0.5, 0.6) is 0 Å². The van der Waals surface area contributed by atoms with Gasteiger partial charge in [-0.2, -0.15) is 25.3 Å². The van der Waals surface area contributed by atoms with E-state index in [1.807, 2.05) is 0 Å². The molecule has 0 aromatic heterocycles. The quantitative estimate of drug-likeness (QED) is 0.279. The second-order valence-electron chi connectivity index (χ2n) is 10.4. The number of allylic oxidation sites excluding steroid dienone is 2. The molecule has 0 spiro atoms. The van der Waals surface area contributed by atoms with Crippen LogP contribution in [0.25, 0.3) is 0 Å². The molecule has 6 atom stereocenters. The lowest BCUT2D eigenvalue weighted by Crippen LogP contribution is -2.50. The van der Waals surface area contributed by atoms with Crippen molar-refractivity contribution in [2.45, 2.75) is 101 Å². The van der Waals surface area contributed by atoms with E-state index in [4.69, 9.17) is 0 Å². The molecular formula is C24H38O2S2. The van der Waals surface area contributed by atoms with E-state index in [0.717, 1.165) is 38.0 Å². The van der Waals surface area contributed by atoms with Gasteiger partial charge in [0.2, 0.25) is 0 Å². The van der Waals surface area contributed by atoms with Crippen molar-refractivity contribution in [3.05, 3.63) is 11.6 Å². The molecule has 0 aliphatic heterocycles. The first kappa shape index (κ1) is 21.3. The number of aliphatic hydroxyl groups excluding tert-OH is 1. The van der Waals surface area contributed by atoms with Crippen LogP contribution in [-0.2, 0) is 4.79 Å². The monoisotopic (exact) mass is 422 g/mol. The van der Waals surface area contributed by atoms with Gasteiger partial charge in [-0.3, -0.25) is 4.79 Å². The summed E-state index contributed by atoms with van der Waals surface area (Å²) in [7, 11) is 0. The van der Waals surface area contributed by atoms with Crippen LogP contribution in [0.2, 0.25) is 0 Å². The van der Waals surface area contributed by atoms with Crippen LogP contribution in [0, 0.1) is 28.6 Å². The van der Waals surface area contributed by atoms with Crippen LogP contribution in [0.1, 0.15) is 90.4 Å². The zero-order chi connectivity index (χ0) is 19.9. The van der Waals surface area contributed by atoms with E-state index in [2.05, 4.69) is 38.3 Å². The van der Waals surface area contributed by atoms with Gasteiger partial charge in [-0.15, -0.1) is 0 Å². The van der Waals surface area contributed by atoms with E-state index in [9.17, 15) is 9.90 Å². The number of Topliss-reactive ketones (excluding diaryl/α,β-unsaturated/α-hetero) is 1. The largest absolute Gasteiger partial charge is 0.393 e. The summed E-state index contributed by atoms with van der Waals surface area (Å²) >= 11 is 8.63. The van der Waals surface area contributed by atoms with E-state index >= 15 is 0 Å². The molecule has 2 nitrogen and oxygen atoms in total. The van der Waals surface area contributed by atoms with Gasteiger partial charge in [0.05, 0.1) is 6.10 Å². The number of aliphatic hydroxyl groups is 1. The zero-order valence-electron chi connectivity index (χ0n) is 17.4. The zero-order valence-corrected chi connectivity index (χ0v) is 19.2. The predicted octanol–water partition coefficient (Wildman–Crippen LogP) is 6.00. The summed E-state index contributed by atoms with van der Waals surface area (Å²) in [4.78, 5) is 12.6. The predicted molar refractivity (Wildman–Crippen MR) is 122 cm³/mol. The minimum atomic E-state index is -0.283. The number of fused-ring (bicyclic) bond motifs is 5. The molecule has 158 valence electrons. The molecule has 1 unspecified atom stereocenters. The first-order valence-corrected chi connectivity index (χ1v) is 12.7. The van der Waals surface area contributed by atoms with Crippen LogP contribution in [0.3, 0.4) is 0 Å². The standard InChI is InChI=1S/C24H38O2S2/c1-23-14-11-20-18(19(23)9-10-21(23)26)8-7-16-5-2-3-12-24(16,20)13-4-6-17(25)15-22(27)28/h7,17-20,22,25,27-28H,2-6,8-15H2,1H3/t17?,18-,19-,20+,23-,24+/m0/s1. The van der Waals surface area contributed by atoms with Crippen molar-refractivity contribution < 1.29 is 9.90 Å². The Bertz CT molecular complexity index is 630. The van der Waals surface area contributed by atoms with Gasteiger partial charge in [0.1, 0.15) is 5.78 Å². The molecule has 0 saturated heterocycles. The highest BCUT2D eigenvalue weighted by Crippen LogP contribution is 2.65. The Morgan fingerprint density at radius 1 is 1.18 bits per heavy atom. The van der Waals surface area contributed by atoms with Crippen molar-refractivity contribution in [3.63, 3.8) is 0 Å². The van der Waals surface area contributed by atoms with E-state index in [0.29, 0.717) is 29.5 Å². The van der Waals surface area contributed by atoms with Crippen molar-refractivity contribution in [2.75, 3.05) is 0 Å². The molecule has 28 heavy (non-hydrogen) atoms. The van der Waals surface area contributed by atoms with Crippen LogP contribution in [0.4, 0.5) is 0 Å². The summed E-state index contributed by atoms with van der Waals surface area (Å²) in [6.07, 6.45) is 16.9. The summed E-state index contributed by atoms with van der Waals surface area (Å²) < 4.78 is -0.0340. The summed E-state index contributed by atoms with van der Waals surface area (Å²) in [5.74, 6) is 2.61. The lowest BCUT2D eigenvalue weighted by Gasteiger charge is -2.57. The van der Waals surface area contributed by atoms with E-state index in [-0.39, 0.29) is 16.1 Å². The first-order chi connectivity index (χ1) is 13.4. The number of carbonyl (C=O) groups is 1. The summed E-state index contributed by atoms with van der Waals surface area (Å²) in [6, 6.07) is 0. The van der Waals surface area contributed by atoms with E-state index in [1.165, 1.54) is 44.9 Å². The number of rotatable bonds is 6. The lowest BCUT2D eigenvalue weighted by molar-refractivity contribution is -0.132. The van der Waals surface area contributed by atoms with Crippen LogP contribution < -0.4 is 0 Å². The van der Waals surface area contributed by atoms with Crippen molar-refractivity contribution in [1.82, 2.24) is 0 Å². The summed E-state index contributed by atoms with van der Waals surface area (Å²) in [5.41, 5.74) is 2.06. The fourth-order valence-corrected chi connectivity index (χ4v) is 8.22. The van der Waals surface area contributed by atoms with Crippen molar-refractivity contribution in [2.24, 2.45) is 28.6 Å². The van der Waals surface area contributed by atoms with Gasteiger partial charge in [-0.25, -0.2) is 0 Å². The van der Waals surface area contributed by atoms with Crippen LogP contribution in [0.15, 0.2) is 11.6 Å². The smallest absolute Gasteiger partial charge is 0.139 e. The number of carbonyl (C=O) groups excluding carboxylic acids is 1. The molecule has 4 aliphatic rings. The average molecular weight is 423 g/mol. The molecule has 0 radical (unpaired) electrons. The molecule has 0 bridgehead atoms.